The molecule has 0 aliphatic carbocycles. The monoisotopic (exact) mass is 387 g/mol. The standard InChI is InChI=1S/C17H26ClN3O3S/c1-3-19-17(21-11-14-8-9-25(22,23)12-14)20-10-13(2)24-16-6-4-15(18)5-7-16/h4-7,13-14H,3,8-12H2,1-2H3,(H2,19,20,21). The van der Waals surface area contributed by atoms with E-state index in [0.717, 1.165) is 12.3 Å². The van der Waals surface area contributed by atoms with Crippen molar-refractivity contribution in [3.8, 4) is 5.75 Å². The number of ether oxygens (including phenoxy) is 1. The van der Waals surface area contributed by atoms with Crippen molar-refractivity contribution >= 4 is 27.4 Å². The molecule has 0 radical (unpaired) electrons. The van der Waals surface area contributed by atoms with E-state index in [0.29, 0.717) is 36.2 Å². The van der Waals surface area contributed by atoms with Gasteiger partial charge in [0.25, 0.3) is 0 Å². The number of hydrogen-bond acceptors (Lipinski definition) is 4. The molecule has 1 heterocycles. The van der Waals surface area contributed by atoms with E-state index >= 15 is 0 Å². The fourth-order valence-corrected chi connectivity index (χ4v) is 4.61. The van der Waals surface area contributed by atoms with Gasteiger partial charge in [-0.15, -0.1) is 0 Å². The Kier molecular flexibility index (Phi) is 7.38. The van der Waals surface area contributed by atoms with Crippen molar-refractivity contribution in [3.05, 3.63) is 29.3 Å². The van der Waals surface area contributed by atoms with Gasteiger partial charge in [-0.1, -0.05) is 11.6 Å². The van der Waals surface area contributed by atoms with Gasteiger partial charge in [0.15, 0.2) is 15.8 Å². The molecule has 1 aliphatic rings. The van der Waals surface area contributed by atoms with Gasteiger partial charge in [-0.25, -0.2) is 13.4 Å². The lowest BCUT2D eigenvalue weighted by Crippen LogP contribution is -2.40. The quantitative estimate of drug-likeness (QED) is 0.553. The summed E-state index contributed by atoms with van der Waals surface area (Å²) in [6.07, 6.45) is 0.619. The zero-order valence-corrected chi connectivity index (χ0v) is 16.2. The number of nitrogens with zero attached hydrogens (tertiary/aromatic N) is 1. The van der Waals surface area contributed by atoms with Crippen molar-refractivity contribution in [2.45, 2.75) is 26.4 Å². The van der Waals surface area contributed by atoms with Gasteiger partial charge in [0.2, 0.25) is 0 Å². The second kappa shape index (κ2) is 9.29. The van der Waals surface area contributed by atoms with E-state index in [-0.39, 0.29) is 17.8 Å². The molecule has 1 aromatic carbocycles. The molecule has 6 nitrogen and oxygen atoms in total. The van der Waals surface area contributed by atoms with E-state index in [4.69, 9.17) is 16.3 Å². The van der Waals surface area contributed by atoms with Gasteiger partial charge in [-0.2, -0.15) is 0 Å². The number of hydrogen-bond donors (Lipinski definition) is 2. The number of benzene rings is 1. The molecule has 2 N–H and O–H groups in total. The van der Waals surface area contributed by atoms with Gasteiger partial charge in [0, 0.05) is 18.1 Å². The van der Waals surface area contributed by atoms with E-state index in [1.165, 1.54) is 0 Å². The minimum atomic E-state index is -2.85. The molecule has 140 valence electrons. The molecule has 0 aromatic heterocycles. The van der Waals surface area contributed by atoms with Gasteiger partial charge in [-0.3, -0.25) is 0 Å². The average molecular weight is 388 g/mol. The second-order valence-corrected chi connectivity index (χ2v) is 8.92. The van der Waals surface area contributed by atoms with Crippen LogP contribution >= 0.6 is 11.6 Å². The Labute approximate surface area is 154 Å². The molecule has 25 heavy (non-hydrogen) atoms. The van der Waals surface area contributed by atoms with Crippen LogP contribution in [0.3, 0.4) is 0 Å². The predicted molar refractivity (Wildman–Crippen MR) is 102 cm³/mol. The molecule has 0 bridgehead atoms. The maximum absolute atomic E-state index is 11.5. The fraction of sp³-hybridized carbons (Fsp3) is 0.588. The molecule has 2 unspecified atom stereocenters. The first kappa shape index (κ1) is 19.8. The Hall–Kier alpha value is -1.47. The van der Waals surface area contributed by atoms with Gasteiger partial charge in [-0.05, 0) is 50.5 Å². The van der Waals surface area contributed by atoms with Crippen LogP contribution in [0.2, 0.25) is 5.02 Å². The summed E-state index contributed by atoms with van der Waals surface area (Å²) in [4.78, 5) is 4.52. The van der Waals surface area contributed by atoms with E-state index in [2.05, 4.69) is 15.6 Å². The second-order valence-electron chi connectivity index (χ2n) is 6.25. The van der Waals surface area contributed by atoms with Crippen molar-refractivity contribution in [2.24, 2.45) is 10.9 Å². The summed E-state index contributed by atoms with van der Waals surface area (Å²) in [5.41, 5.74) is 0. The van der Waals surface area contributed by atoms with Gasteiger partial charge < -0.3 is 15.4 Å². The summed E-state index contributed by atoms with van der Waals surface area (Å²) in [6, 6.07) is 7.22. The summed E-state index contributed by atoms with van der Waals surface area (Å²) >= 11 is 5.86. The van der Waals surface area contributed by atoms with Crippen molar-refractivity contribution < 1.29 is 13.2 Å². The smallest absolute Gasteiger partial charge is 0.191 e. The molecular weight excluding hydrogens is 362 g/mol. The highest BCUT2D eigenvalue weighted by Crippen LogP contribution is 2.18. The van der Waals surface area contributed by atoms with Crippen molar-refractivity contribution in [2.75, 3.05) is 31.1 Å². The lowest BCUT2D eigenvalue weighted by Gasteiger charge is -2.16. The Morgan fingerprint density at radius 2 is 2.08 bits per heavy atom. The van der Waals surface area contributed by atoms with E-state index in [1.807, 2.05) is 26.0 Å². The molecule has 0 spiro atoms. The van der Waals surface area contributed by atoms with E-state index in [9.17, 15) is 8.42 Å². The number of halogens is 1. The van der Waals surface area contributed by atoms with Crippen LogP contribution in [0.25, 0.3) is 0 Å². The number of rotatable bonds is 7. The largest absolute Gasteiger partial charge is 0.489 e. The van der Waals surface area contributed by atoms with Crippen LogP contribution in [0.15, 0.2) is 29.3 Å². The SMILES string of the molecule is CCNC(=NCC(C)Oc1ccc(Cl)cc1)NCC1CCS(=O)(=O)C1. The van der Waals surface area contributed by atoms with Gasteiger partial charge in [0.1, 0.15) is 11.9 Å². The first-order valence-electron chi connectivity index (χ1n) is 8.53. The predicted octanol–water partition coefficient (Wildman–Crippen LogP) is 2.10. The van der Waals surface area contributed by atoms with Crippen LogP contribution in [-0.2, 0) is 9.84 Å². The number of nitrogens with one attached hydrogen (secondary N) is 2. The molecule has 0 amide bonds. The first-order chi connectivity index (χ1) is 11.9. The molecule has 1 saturated heterocycles. The fourth-order valence-electron chi connectivity index (χ4n) is 2.62. The Morgan fingerprint density at radius 3 is 2.68 bits per heavy atom. The highest BCUT2D eigenvalue weighted by Gasteiger charge is 2.27. The zero-order chi connectivity index (χ0) is 18.3. The molecule has 2 atom stereocenters. The highest BCUT2D eigenvalue weighted by atomic mass is 35.5. The highest BCUT2D eigenvalue weighted by molar-refractivity contribution is 7.91. The summed E-state index contributed by atoms with van der Waals surface area (Å²) in [6.45, 7) is 5.77. The lowest BCUT2D eigenvalue weighted by molar-refractivity contribution is 0.230. The minimum Gasteiger partial charge on any atom is -0.489 e. The van der Waals surface area contributed by atoms with E-state index < -0.39 is 9.84 Å². The van der Waals surface area contributed by atoms with Crippen LogP contribution in [0.1, 0.15) is 20.3 Å². The van der Waals surface area contributed by atoms with Crippen LogP contribution in [0.5, 0.6) is 5.75 Å². The Morgan fingerprint density at radius 1 is 1.36 bits per heavy atom. The molecule has 8 heteroatoms. The number of sulfone groups is 1. The Bertz CT molecular complexity index is 677. The maximum atomic E-state index is 11.5. The molecule has 1 aliphatic heterocycles. The topological polar surface area (TPSA) is 79.8 Å². The van der Waals surface area contributed by atoms with Crippen molar-refractivity contribution in [1.29, 1.82) is 0 Å². The molecule has 1 fully saturated rings. The third-order valence-electron chi connectivity index (χ3n) is 3.89. The maximum Gasteiger partial charge on any atom is 0.191 e. The third-order valence-corrected chi connectivity index (χ3v) is 5.98. The summed E-state index contributed by atoms with van der Waals surface area (Å²) in [7, 11) is -2.85. The molecule has 1 aromatic rings. The summed E-state index contributed by atoms with van der Waals surface area (Å²) < 4.78 is 28.8. The number of guanidine groups is 1. The van der Waals surface area contributed by atoms with Gasteiger partial charge in [0.05, 0.1) is 18.1 Å². The summed E-state index contributed by atoms with van der Waals surface area (Å²) in [5, 5.41) is 7.07. The van der Waals surface area contributed by atoms with Crippen LogP contribution in [0, 0.1) is 5.92 Å². The first-order valence-corrected chi connectivity index (χ1v) is 10.7. The van der Waals surface area contributed by atoms with E-state index in [1.54, 1.807) is 12.1 Å². The third kappa shape index (κ3) is 7.12. The van der Waals surface area contributed by atoms with Gasteiger partial charge >= 0.3 is 0 Å². The normalized spacial score (nSPS) is 20.9. The molecular formula is C17H26ClN3O3S. The number of aliphatic imine (C=N–C) groups is 1. The lowest BCUT2D eigenvalue weighted by atomic mass is 10.1. The molecule has 2 rings (SSSR count). The van der Waals surface area contributed by atoms with Crippen LogP contribution in [-0.4, -0.2) is 51.6 Å². The Balaban J connectivity index is 1.82. The summed E-state index contributed by atoms with van der Waals surface area (Å²) in [5.74, 6) is 2.13. The average Bonchev–Trinajstić information content (AvgIpc) is 2.91. The molecule has 0 saturated carbocycles. The van der Waals surface area contributed by atoms with Crippen LogP contribution in [0.4, 0.5) is 0 Å². The van der Waals surface area contributed by atoms with Crippen molar-refractivity contribution in [3.63, 3.8) is 0 Å². The van der Waals surface area contributed by atoms with Crippen LogP contribution < -0.4 is 15.4 Å². The minimum absolute atomic E-state index is 0.0940. The zero-order valence-electron chi connectivity index (χ0n) is 14.7. The van der Waals surface area contributed by atoms with Crippen molar-refractivity contribution in [1.82, 2.24) is 10.6 Å².